The van der Waals surface area contributed by atoms with Crippen LogP contribution in [-0.2, 0) is 19.1 Å². The van der Waals surface area contributed by atoms with Gasteiger partial charge in [-0.15, -0.1) is 0 Å². The number of ether oxygens (including phenoxy) is 2. The van der Waals surface area contributed by atoms with Gasteiger partial charge in [0, 0.05) is 11.4 Å². The van der Waals surface area contributed by atoms with Gasteiger partial charge in [-0.05, 0) is 26.0 Å². The minimum Gasteiger partial charge on any atom is -0.468 e. The molecule has 2 rings (SSSR count). The molecule has 1 aromatic rings. The van der Waals surface area contributed by atoms with Gasteiger partial charge < -0.3 is 19.2 Å². The maximum Gasteiger partial charge on any atom is 0.336 e. The van der Waals surface area contributed by atoms with Crippen molar-refractivity contribution in [3.05, 3.63) is 47.2 Å². The van der Waals surface area contributed by atoms with Gasteiger partial charge in [0.05, 0.1) is 25.7 Å². The number of nitrogens with one attached hydrogen (secondary N) is 1. The molecule has 118 valence electrons. The molecule has 0 fully saturated rings. The standard InChI is InChI=1S/C16H19NO5/c1-8-6-7-11(22-8)14-12(15(18)20-4)9(2)17-10(3)13(14)16(19)21-5/h6-7,12,14,17H,2H2,1,3-5H3. The summed E-state index contributed by atoms with van der Waals surface area (Å²) in [4.78, 5) is 24.4. The van der Waals surface area contributed by atoms with Crippen molar-refractivity contribution in [2.75, 3.05) is 14.2 Å². The highest BCUT2D eigenvalue weighted by Crippen LogP contribution is 2.41. The van der Waals surface area contributed by atoms with Crippen LogP contribution >= 0.6 is 0 Å². The Kier molecular flexibility index (Phi) is 4.40. The predicted octanol–water partition coefficient (Wildman–Crippen LogP) is 2.02. The number of carbonyl (C=O) groups is 2. The molecule has 22 heavy (non-hydrogen) atoms. The van der Waals surface area contributed by atoms with Gasteiger partial charge in [0.25, 0.3) is 0 Å². The van der Waals surface area contributed by atoms with Crippen molar-refractivity contribution >= 4 is 11.9 Å². The van der Waals surface area contributed by atoms with Crippen LogP contribution in [0.2, 0.25) is 0 Å². The minimum absolute atomic E-state index is 0.333. The molecule has 6 nitrogen and oxygen atoms in total. The Hall–Kier alpha value is -2.50. The van der Waals surface area contributed by atoms with Crippen molar-refractivity contribution in [2.45, 2.75) is 19.8 Å². The number of rotatable bonds is 3. The summed E-state index contributed by atoms with van der Waals surface area (Å²) in [5.74, 6) is -1.24. The first kappa shape index (κ1) is 15.9. The third-order valence-electron chi connectivity index (χ3n) is 3.70. The van der Waals surface area contributed by atoms with Crippen molar-refractivity contribution in [3.63, 3.8) is 0 Å². The van der Waals surface area contributed by atoms with E-state index < -0.39 is 23.8 Å². The van der Waals surface area contributed by atoms with E-state index in [-0.39, 0.29) is 0 Å². The summed E-state index contributed by atoms with van der Waals surface area (Å²) in [6.45, 7) is 7.40. The number of allylic oxidation sites excluding steroid dienone is 1. The molecule has 0 amide bonds. The third kappa shape index (κ3) is 2.64. The van der Waals surface area contributed by atoms with Crippen molar-refractivity contribution in [2.24, 2.45) is 5.92 Å². The second kappa shape index (κ2) is 6.09. The van der Waals surface area contributed by atoms with E-state index in [1.54, 1.807) is 26.0 Å². The number of methoxy groups -OCH3 is 2. The number of carbonyl (C=O) groups excluding carboxylic acids is 2. The van der Waals surface area contributed by atoms with E-state index in [0.717, 1.165) is 0 Å². The molecule has 0 aromatic carbocycles. The predicted molar refractivity (Wildman–Crippen MR) is 78.7 cm³/mol. The summed E-state index contributed by atoms with van der Waals surface area (Å²) < 4.78 is 15.4. The monoisotopic (exact) mass is 305 g/mol. The average molecular weight is 305 g/mol. The summed E-state index contributed by atoms with van der Waals surface area (Å²) in [6.07, 6.45) is 0. The fourth-order valence-electron chi connectivity index (χ4n) is 2.71. The Labute approximate surface area is 128 Å². The highest BCUT2D eigenvalue weighted by Gasteiger charge is 2.44. The largest absolute Gasteiger partial charge is 0.468 e. The topological polar surface area (TPSA) is 77.8 Å². The molecule has 0 spiro atoms. The zero-order valence-electron chi connectivity index (χ0n) is 13.1. The van der Waals surface area contributed by atoms with Crippen molar-refractivity contribution in [1.29, 1.82) is 0 Å². The normalized spacial score (nSPS) is 21.4. The molecule has 6 heteroatoms. The molecule has 0 aliphatic carbocycles. The van der Waals surface area contributed by atoms with Crippen molar-refractivity contribution in [1.82, 2.24) is 5.32 Å². The quantitative estimate of drug-likeness (QED) is 0.861. The fourth-order valence-corrected chi connectivity index (χ4v) is 2.71. The molecule has 0 saturated carbocycles. The van der Waals surface area contributed by atoms with Gasteiger partial charge >= 0.3 is 11.9 Å². The highest BCUT2D eigenvalue weighted by molar-refractivity contribution is 5.93. The van der Waals surface area contributed by atoms with Gasteiger partial charge in [0.15, 0.2) is 0 Å². The highest BCUT2D eigenvalue weighted by atomic mass is 16.5. The fraction of sp³-hybridized carbons (Fsp3) is 0.375. The molecule has 2 heterocycles. The average Bonchev–Trinajstić information content (AvgIpc) is 2.91. The second-order valence-corrected chi connectivity index (χ2v) is 5.11. The Bertz CT molecular complexity index is 655. The van der Waals surface area contributed by atoms with Crippen LogP contribution in [0.3, 0.4) is 0 Å². The maximum atomic E-state index is 12.2. The first-order chi connectivity index (χ1) is 10.4. The molecule has 0 radical (unpaired) electrons. The summed E-state index contributed by atoms with van der Waals surface area (Å²) >= 11 is 0. The first-order valence-electron chi connectivity index (χ1n) is 6.79. The zero-order valence-corrected chi connectivity index (χ0v) is 13.1. The lowest BCUT2D eigenvalue weighted by molar-refractivity contribution is -0.145. The number of aryl methyl sites for hydroxylation is 1. The Morgan fingerprint density at radius 1 is 1.23 bits per heavy atom. The molecule has 0 bridgehead atoms. The smallest absolute Gasteiger partial charge is 0.336 e. The lowest BCUT2D eigenvalue weighted by Gasteiger charge is -2.33. The summed E-state index contributed by atoms with van der Waals surface area (Å²) in [7, 11) is 2.59. The van der Waals surface area contributed by atoms with Gasteiger partial charge in [-0.2, -0.15) is 0 Å². The van der Waals surface area contributed by atoms with Crippen LogP contribution in [0, 0.1) is 12.8 Å². The molecule has 1 aliphatic rings. The van der Waals surface area contributed by atoms with E-state index in [1.807, 2.05) is 0 Å². The summed E-state index contributed by atoms with van der Waals surface area (Å²) in [5.41, 5.74) is 1.37. The van der Waals surface area contributed by atoms with E-state index in [4.69, 9.17) is 13.9 Å². The van der Waals surface area contributed by atoms with Crippen LogP contribution in [-0.4, -0.2) is 26.2 Å². The minimum atomic E-state index is -0.770. The van der Waals surface area contributed by atoms with Crippen LogP contribution in [0.4, 0.5) is 0 Å². The lowest BCUT2D eigenvalue weighted by atomic mass is 9.78. The Morgan fingerprint density at radius 2 is 1.91 bits per heavy atom. The van der Waals surface area contributed by atoms with Crippen LogP contribution in [0.5, 0.6) is 0 Å². The van der Waals surface area contributed by atoms with Gasteiger partial charge in [0.2, 0.25) is 0 Å². The van der Waals surface area contributed by atoms with Crippen LogP contribution in [0.15, 0.2) is 40.1 Å². The van der Waals surface area contributed by atoms with Crippen LogP contribution in [0.1, 0.15) is 24.4 Å². The molecule has 0 saturated heterocycles. The molecular formula is C16H19NO5. The Morgan fingerprint density at radius 3 is 2.41 bits per heavy atom. The molecular weight excluding hydrogens is 286 g/mol. The van der Waals surface area contributed by atoms with Crippen molar-refractivity contribution < 1.29 is 23.5 Å². The maximum absolute atomic E-state index is 12.2. The van der Waals surface area contributed by atoms with Gasteiger partial charge in [-0.25, -0.2) is 4.79 Å². The summed E-state index contributed by atoms with van der Waals surface area (Å²) in [6, 6.07) is 3.52. The van der Waals surface area contributed by atoms with Gasteiger partial charge in [-0.1, -0.05) is 6.58 Å². The first-order valence-corrected chi connectivity index (χ1v) is 6.79. The van der Waals surface area contributed by atoms with Gasteiger partial charge in [-0.3, -0.25) is 4.79 Å². The van der Waals surface area contributed by atoms with Crippen molar-refractivity contribution in [3.8, 4) is 0 Å². The van der Waals surface area contributed by atoms with E-state index >= 15 is 0 Å². The molecule has 1 N–H and O–H groups in total. The van der Waals surface area contributed by atoms with E-state index in [0.29, 0.717) is 28.5 Å². The van der Waals surface area contributed by atoms with E-state index in [2.05, 4.69) is 11.9 Å². The SMILES string of the molecule is C=C1NC(C)=C(C(=O)OC)C(c2ccc(C)o2)C1C(=O)OC. The molecule has 1 aromatic heterocycles. The van der Waals surface area contributed by atoms with Crippen LogP contribution < -0.4 is 5.32 Å². The van der Waals surface area contributed by atoms with E-state index in [1.165, 1.54) is 14.2 Å². The zero-order chi connectivity index (χ0) is 16.4. The van der Waals surface area contributed by atoms with Gasteiger partial charge in [0.1, 0.15) is 17.4 Å². The lowest BCUT2D eigenvalue weighted by Crippen LogP contribution is -2.39. The molecule has 1 aliphatic heterocycles. The number of hydrogen-bond acceptors (Lipinski definition) is 6. The Balaban J connectivity index is 2.63. The second-order valence-electron chi connectivity index (χ2n) is 5.11. The number of furan rings is 1. The van der Waals surface area contributed by atoms with E-state index in [9.17, 15) is 9.59 Å². The summed E-state index contributed by atoms with van der Waals surface area (Å²) in [5, 5.41) is 2.96. The van der Waals surface area contributed by atoms with Crippen LogP contribution in [0.25, 0.3) is 0 Å². The number of esters is 2. The molecule has 2 unspecified atom stereocenters. The molecule has 2 atom stereocenters. The number of hydrogen-bond donors (Lipinski definition) is 1. The third-order valence-corrected chi connectivity index (χ3v) is 3.70.